The Hall–Kier alpha value is -2.23. The summed E-state index contributed by atoms with van der Waals surface area (Å²) in [6, 6.07) is 19.9. The molecule has 1 atom stereocenters. The van der Waals surface area contributed by atoms with Crippen LogP contribution in [0.25, 0.3) is 10.9 Å². The summed E-state index contributed by atoms with van der Waals surface area (Å²) in [5.41, 5.74) is 3.13. The lowest BCUT2D eigenvalue weighted by Gasteiger charge is -2.12. The summed E-state index contributed by atoms with van der Waals surface area (Å²) < 4.78 is 0. The van der Waals surface area contributed by atoms with Gasteiger partial charge in [0.2, 0.25) is 0 Å². The molecule has 3 rings (SSSR count). The van der Waals surface area contributed by atoms with Crippen LogP contribution < -0.4 is 5.32 Å². The predicted molar refractivity (Wildman–Crippen MR) is 84.9 cm³/mol. The van der Waals surface area contributed by atoms with Crippen molar-refractivity contribution in [2.45, 2.75) is 12.6 Å². The maximum Gasteiger partial charge on any atom is 0.0914 e. The van der Waals surface area contributed by atoms with E-state index >= 15 is 0 Å². The Morgan fingerprint density at radius 2 is 1.86 bits per heavy atom. The number of aliphatic hydroxyl groups is 1. The molecule has 106 valence electrons. The van der Waals surface area contributed by atoms with Crippen LogP contribution in [0.2, 0.25) is 0 Å². The summed E-state index contributed by atoms with van der Waals surface area (Å²) in [4.78, 5) is 4.31. The highest BCUT2D eigenvalue weighted by Crippen LogP contribution is 2.14. The standard InChI is InChI=1S/C18H18N2O/c21-18(15-5-2-1-3-6-15)13-19-12-14-8-9-17-16(11-14)7-4-10-20-17/h1-11,18-19,21H,12-13H2. The van der Waals surface area contributed by atoms with Crippen LogP contribution in [0.3, 0.4) is 0 Å². The van der Waals surface area contributed by atoms with Crippen LogP contribution in [0, 0.1) is 0 Å². The molecule has 0 amide bonds. The van der Waals surface area contributed by atoms with Gasteiger partial charge in [-0.1, -0.05) is 42.5 Å². The summed E-state index contributed by atoms with van der Waals surface area (Å²) in [6.45, 7) is 1.27. The van der Waals surface area contributed by atoms with E-state index in [9.17, 15) is 5.11 Å². The van der Waals surface area contributed by atoms with Gasteiger partial charge in [0, 0.05) is 24.7 Å². The van der Waals surface area contributed by atoms with Crippen molar-refractivity contribution >= 4 is 10.9 Å². The maximum absolute atomic E-state index is 10.1. The lowest BCUT2D eigenvalue weighted by molar-refractivity contribution is 0.174. The average Bonchev–Trinajstić information content (AvgIpc) is 2.55. The van der Waals surface area contributed by atoms with E-state index in [4.69, 9.17) is 0 Å². The normalized spacial score (nSPS) is 12.4. The molecule has 0 fully saturated rings. The van der Waals surface area contributed by atoms with Gasteiger partial charge in [-0.15, -0.1) is 0 Å². The van der Waals surface area contributed by atoms with Gasteiger partial charge in [0.1, 0.15) is 0 Å². The van der Waals surface area contributed by atoms with Crippen molar-refractivity contribution in [3.8, 4) is 0 Å². The fourth-order valence-corrected chi connectivity index (χ4v) is 2.38. The Balaban J connectivity index is 1.59. The molecule has 2 N–H and O–H groups in total. The average molecular weight is 278 g/mol. The number of nitrogens with zero attached hydrogens (tertiary/aromatic N) is 1. The van der Waals surface area contributed by atoms with Gasteiger partial charge in [0.15, 0.2) is 0 Å². The molecule has 1 heterocycles. The Bertz CT molecular complexity index is 712. The van der Waals surface area contributed by atoms with E-state index in [0.717, 1.165) is 23.0 Å². The van der Waals surface area contributed by atoms with Gasteiger partial charge in [-0.05, 0) is 29.3 Å². The Kier molecular flexibility index (Phi) is 4.24. The fraction of sp³-hybridized carbons (Fsp3) is 0.167. The van der Waals surface area contributed by atoms with Crippen LogP contribution in [0.1, 0.15) is 17.2 Å². The van der Waals surface area contributed by atoms with E-state index in [-0.39, 0.29) is 0 Å². The van der Waals surface area contributed by atoms with Gasteiger partial charge < -0.3 is 10.4 Å². The van der Waals surface area contributed by atoms with E-state index in [2.05, 4.69) is 28.5 Å². The SMILES string of the molecule is OC(CNCc1ccc2ncccc2c1)c1ccccc1. The summed E-state index contributed by atoms with van der Waals surface area (Å²) >= 11 is 0. The largest absolute Gasteiger partial charge is 0.387 e. The Morgan fingerprint density at radius 3 is 2.71 bits per heavy atom. The van der Waals surface area contributed by atoms with Crippen LogP contribution in [0.15, 0.2) is 66.9 Å². The molecule has 3 aromatic rings. The minimum Gasteiger partial charge on any atom is -0.387 e. The molecule has 21 heavy (non-hydrogen) atoms. The number of nitrogens with one attached hydrogen (secondary N) is 1. The smallest absolute Gasteiger partial charge is 0.0914 e. The van der Waals surface area contributed by atoms with Crippen molar-refractivity contribution in [2.24, 2.45) is 0 Å². The lowest BCUT2D eigenvalue weighted by Crippen LogP contribution is -2.21. The zero-order valence-electron chi connectivity index (χ0n) is 11.7. The molecular weight excluding hydrogens is 260 g/mol. The molecule has 3 nitrogen and oxygen atoms in total. The van der Waals surface area contributed by atoms with Crippen LogP contribution >= 0.6 is 0 Å². The quantitative estimate of drug-likeness (QED) is 0.754. The number of hydrogen-bond acceptors (Lipinski definition) is 3. The lowest BCUT2D eigenvalue weighted by atomic mass is 10.1. The van der Waals surface area contributed by atoms with Crippen molar-refractivity contribution in [3.63, 3.8) is 0 Å². The van der Waals surface area contributed by atoms with Gasteiger partial charge in [0.05, 0.1) is 11.6 Å². The van der Waals surface area contributed by atoms with Crippen LogP contribution in [-0.4, -0.2) is 16.6 Å². The summed E-state index contributed by atoms with van der Waals surface area (Å²) in [7, 11) is 0. The zero-order valence-corrected chi connectivity index (χ0v) is 11.7. The number of pyridine rings is 1. The van der Waals surface area contributed by atoms with Gasteiger partial charge in [0.25, 0.3) is 0 Å². The van der Waals surface area contributed by atoms with E-state index in [1.54, 1.807) is 6.20 Å². The van der Waals surface area contributed by atoms with Crippen LogP contribution in [-0.2, 0) is 6.54 Å². The predicted octanol–water partition coefficient (Wildman–Crippen LogP) is 3.06. The molecule has 0 saturated carbocycles. The van der Waals surface area contributed by atoms with Crippen LogP contribution in [0.5, 0.6) is 0 Å². The second-order valence-corrected chi connectivity index (χ2v) is 5.09. The Labute approximate surface area is 124 Å². The highest BCUT2D eigenvalue weighted by atomic mass is 16.3. The molecule has 0 aliphatic rings. The molecule has 3 heteroatoms. The van der Waals surface area contributed by atoms with Crippen molar-refractivity contribution in [2.75, 3.05) is 6.54 Å². The van der Waals surface area contributed by atoms with Gasteiger partial charge in [-0.2, -0.15) is 0 Å². The third-order valence-corrected chi connectivity index (χ3v) is 3.52. The summed E-state index contributed by atoms with van der Waals surface area (Å²) in [5.74, 6) is 0. The first kappa shape index (κ1) is 13.7. The number of rotatable bonds is 5. The third-order valence-electron chi connectivity index (χ3n) is 3.52. The van der Waals surface area contributed by atoms with E-state index in [0.29, 0.717) is 6.54 Å². The van der Waals surface area contributed by atoms with Crippen molar-refractivity contribution in [3.05, 3.63) is 78.0 Å². The van der Waals surface area contributed by atoms with Crippen molar-refractivity contribution < 1.29 is 5.11 Å². The maximum atomic E-state index is 10.1. The second-order valence-electron chi connectivity index (χ2n) is 5.09. The van der Waals surface area contributed by atoms with Crippen molar-refractivity contribution in [1.29, 1.82) is 0 Å². The molecule has 1 unspecified atom stereocenters. The molecule has 0 saturated heterocycles. The number of aliphatic hydroxyl groups excluding tert-OH is 1. The number of benzene rings is 2. The first-order valence-electron chi connectivity index (χ1n) is 7.10. The molecule has 0 radical (unpaired) electrons. The zero-order chi connectivity index (χ0) is 14.5. The number of aromatic nitrogens is 1. The summed E-state index contributed by atoms with van der Waals surface area (Å²) in [6.07, 6.45) is 1.32. The number of fused-ring (bicyclic) bond motifs is 1. The molecule has 1 aromatic heterocycles. The molecule has 0 aliphatic heterocycles. The van der Waals surface area contributed by atoms with Gasteiger partial charge in [-0.3, -0.25) is 4.98 Å². The second kappa shape index (κ2) is 6.48. The molecule has 2 aromatic carbocycles. The minimum absolute atomic E-state index is 0.478. The molecule has 0 aliphatic carbocycles. The monoisotopic (exact) mass is 278 g/mol. The number of hydrogen-bond donors (Lipinski definition) is 2. The van der Waals surface area contributed by atoms with E-state index in [1.807, 2.05) is 42.5 Å². The molecular formula is C18H18N2O. The Morgan fingerprint density at radius 1 is 1.00 bits per heavy atom. The van der Waals surface area contributed by atoms with Gasteiger partial charge in [-0.25, -0.2) is 0 Å². The topological polar surface area (TPSA) is 45.1 Å². The molecule has 0 spiro atoms. The highest BCUT2D eigenvalue weighted by Gasteiger charge is 2.06. The van der Waals surface area contributed by atoms with Crippen LogP contribution in [0.4, 0.5) is 0 Å². The van der Waals surface area contributed by atoms with E-state index < -0.39 is 6.10 Å². The summed E-state index contributed by atoms with van der Waals surface area (Å²) in [5, 5.41) is 14.5. The first-order chi connectivity index (χ1) is 10.3. The minimum atomic E-state index is -0.478. The molecule has 0 bridgehead atoms. The third kappa shape index (κ3) is 3.45. The highest BCUT2D eigenvalue weighted by molar-refractivity contribution is 5.78. The van der Waals surface area contributed by atoms with Crippen molar-refractivity contribution in [1.82, 2.24) is 10.3 Å². The fourth-order valence-electron chi connectivity index (χ4n) is 2.38. The van der Waals surface area contributed by atoms with E-state index in [1.165, 1.54) is 5.56 Å². The van der Waals surface area contributed by atoms with Gasteiger partial charge >= 0.3 is 0 Å². The first-order valence-corrected chi connectivity index (χ1v) is 7.10.